The van der Waals surface area contributed by atoms with Gasteiger partial charge in [-0.3, -0.25) is 4.90 Å². The van der Waals surface area contributed by atoms with E-state index in [9.17, 15) is 9.90 Å². The Morgan fingerprint density at radius 3 is 2.50 bits per heavy atom. The average Bonchev–Trinajstić information content (AvgIpc) is 2.02. The minimum Gasteiger partial charge on any atom is -0.316 e. The first kappa shape index (κ1) is 11.4. The van der Waals surface area contributed by atoms with Crippen LogP contribution >= 0.6 is 0 Å². The standard InChI is InChI=1S/C8H17N2O2/c1-3-9-5-6-10(4-2)7-8(11)12/h9H,3-7H2,1-2H3. The summed E-state index contributed by atoms with van der Waals surface area (Å²) in [7, 11) is 0. The van der Waals surface area contributed by atoms with E-state index in [4.69, 9.17) is 0 Å². The predicted octanol–water partition coefficient (Wildman–Crippen LogP) is -0.125. The van der Waals surface area contributed by atoms with Crippen LogP contribution in [0.4, 0.5) is 0 Å². The molecule has 0 aliphatic heterocycles. The zero-order valence-electron chi connectivity index (χ0n) is 7.80. The summed E-state index contributed by atoms with van der Waals surface area (Å²) < 4.78 is 0. The van der Waals surface area contributed by atoms with E-state index in [1.807, 2.05) is 18.7 Å². The molecule has 1 radical (unpaired) electrons. The van der Waals surface area contributed by atoms with Gasteiger partial charge in [-0.05, 0) is 13.1 Å². The van der Waals surface area contributed by atoms with E-state index in [0.29, 0.717) is 0 Å². The molecule has 0 spiro atoms. The Labute approximate surface area is 73.6 Å². The van der Waals surface area contributed by atoms with Crippen molar-refractivity contribution in [3.8, 4) is 0 Å². The first-order valence-electron chi connectivity index (χ1n) is 4.33. The van der Waals surface area contributed by atoms with Gasteiger partial charge in [-0.1, -0.05) is 13.8 Å². The van der Waals surface area contributed by atoms with Gasteiger partial charge in [-0.15, -0.1) is 0 Å². The second kappa shape index (κ2) is 7.06. The van der Waals surface area contributed by atoms with Crippen LogP contribution in [0.1, 0.15) is 13.8 Å². The molecule has 0 saturated heterocycles. The first-order valence-corrected chi connectivity index (χ1v) is 4.33. The number of carbonyl (C=O) groups is 1. The van der Waals surface area contributed by atoms with E-state index in [0.717, 1.165) is 26.2 Å². The molecule has 0 atom stereocenters. The molecule has 71 valence electrons. The first-order chi connectivity index (χ1) is 5.70. The summed E-state index contributed by atoms with van der Waals surface area (Å²) in [5.74, 6) is -1.01. The van der Waals surface area contributed by atoms with Gasteiger partial charge >= 0.3 is 5.97 Å². The lowest BCUT2D eigenvalue weighted by Crippen LogP contribution is -2.35. The lowest BCUT2D eigenvalue weighted by Gasteiger charge is -2.16. The molecule has 0 saturated carbocycles. The second-order valence-electron chi connectivity index (χ2n) is 2.59. The fraction of sp³-hybridized carbons (Fsp3) is 0.875. The number of hydrogen-bond acceptors (Lipinski definition) is 3. The Morgan fingerprint density at radius 2 is 2.08 bits per heavy atom. The highest BCUT2D eigenvalue weighted by atomic mass is 16.4. The van der Waals surface area contributed by atoms with Gasteiger partial charge in [-0.2, -0.15) is 0 Å². The van der Waals surface area contributed by atoms with Gasteiger partial charge in [0.15, 0.2) is 0 Å². The van der Waals surface area contributed by atoms with Crippen LogP contribution in [0.2, 0.25) is 0 Å². The molecule has 0 aromatic heterocycles. The van der Waals surface area contributed by atoms with Gasteiger partial charge in [0.1, 0.15) is 6.54 Å². The van der Waals surface area contributed by atoms with Crippen molar-refractivity contribution in [2.24, 2.45) is 0 Å². The van der Waals surface area contributed by atoms with Crippen LogP contribution in [0.3, 0.4) is 0 Å². The average molecular weight is 173 g/mol. The monoisotopic (exact) mass is 173 g/mol. The normalized spacial score (nSPS) is 10.6. The summed E-state index contributed by atoms with van der Waals surface area (Å²) in [6.07, 6.45) is 0. The van der Waals surface area contributed by atoms with Gasteiger partial charge in [0.2, 0.25) is 0 Å². The van der Waals surface area contributed by atoms with Crippen LogP contribution in [-0.4, -0.2) is 43.6 Å². The van der Waals surface area contributed by atoms with E-state index < -0.39 is 5.97 Å². The van der Waals surface area contributed by atoms with Crippen LogP contribution in [0, 0.1) is 0 Å². The molecule has 0 aliphatic carbocycles. The summed E-state index contributed by atoms with van der Waals surface area (Å²) in [6, 6.07) is 0. The summed E-state index contributed by atoms with van der Waals surface area (Å²) >= 11 is 0. The summed E-state index contributed by atoms with van der Waals surface area (Å²) in [5.41, 5.74) is 0. The summed E-state index contributed by atoms with van der Waals surface area (Å²) in [5, 5.41) is 13.4. The number of carbonyl (C=O) groups excluding carboxylic acids is 1. The van der Waals surface area contributed by atoms with Crippen LogP contribution < -0.4 is 5.32 Å². The molecule has 0 aromatic carbocycles. The smallest absolute Gasteiger partial charge is 0.316 e. The number of rotatable bonds is 7. The molecule has 4 heteroatoms. The van der Waals surface area contributed by atoms with Crippen molar-refractivity contribution in [1.82, 2.24) is 10.2 Å². The number of nitrogens with zero attached hydrogens (tertiary/aromatic N) is 1. The van der Waals surface area contributed by atoms with Crippen molar-refractivity contribution in [3.05, 3.63) is 0 Å². The number of hydrogen-bond donors (Lipinski definition) is 1. The Bertz CT molecular complexity index is 128. The highest BCUT2D eigenvalue weighted by Crippen LogP contribution is 1.85. The second-order valence-corrected chi connectivity index (χ2v) is 2.59. The van der Waals surface area contributed by atoms with Crippen molar-refractivity contribution in [1.29, 1.82) is 0 Å². The van der Waals surface area contributed by atoms with Crippen molar-refractivity contribution < 1.29 is 9.90 Å². The number of nitrogens with one attached hydrogen (secondary N) is 1. The van der Waals surface area contributed by atoms with Crippen molar-refractivity contribution in [3.63, 3.8) is 0 Å². The van der Waals surface area contributed by atoms with Gasteiger partial charge in [0.05, 0.1) is 0 Å². The van der Waals surface area contributed by atoms with Gasteiger partial charge < -0.3 is 5.32 Å². The Kier molecular flexibility index (Phi) is 6.70. The maximum absolute atomic E-state index is 10.2. The Hall–Kier alpha value is -0.610. The van der Waals surface area contributed by atoms with E-state index in [2.05, 4.69) is 5.32 Å². The molecule has 0 aliphatic rings. The maximum atomic E-state index is 10.2. The minimum absolute atomic E-state index is 0.0297. The molecule has 0 amide bonds. The van der Waals surface area contributed by atoms with Crippen LogP contribution in [-0.2, 0) is 9.90 Å². The van der Waals surface area contributed by atoms with Gasteiger partial charge in [0.25, 0.3) is 0 Å². The van der Waals surface area contributed by atoms with Crippen LogP contribution in [0.15, 0.2) is 0 Å². The third-order valence-electron chi connectivity index (χ3n) is 1.65. The largest absolute Gasteiger partial charge is 0.369 e. The molecule has 0 aromatic rings. The maximum Gasteiger partial charge on any atom is 0.369 e. The fourth-order valence-electron chi connectivity index (χ4n) is 0.945. The third kappa shape index (κ3) is 6.12. The quantitative estimate of drug-likeness (QED) is 0.546. The Morgan fingerprint density at radius 1 is 1.42 bits per heavy atom. The summed E-state index contributed by atoms with van der Waals surface area (Å²) in [4.78, 5) is 12.1. The van der Waals surface area contributed by atoms with Crippen molar-refractivity contribution >= 4 is 5.97 Å². The lowest BCUT2D eigenvalue weighted by atomic mass is 10.4. The minimum atomic E-state index is -1.01. The Balaban J connectivity index is 3.46. The lowest BCUT2D eigenvalue weighted by molar-refractivity contribution is -0.144. The molecule has 0 unspecified atom stereocenters. The third-order valence-corrected chi connectivity index (χ3v) is 1.65. The molecule has 0 fully saturated rings. The van der Waals surface area contributed by atoms with E-state index in [-0.39, 0.29) is 6.54 Å². The molecule has 12 heavy (non-hydrogen) atoms. The van der Waals surface area contributed by atoms with E-state index in [1.165, 1.54) is 0 Å². The molecular weight excluding hydrogens is 156 g/mol. The fourth-order valence-corrected chi connectivity index (χ4v) is 0.945. The van der Waals surface area contributed by atoms with Crippen LogP contribution in [0.5, 0.6) is 0 Å². The highest BCUT2D eigenvalue weighted by Gasteiger charge is 2.07. The van der Waals surface area contributed by atoms with E-state index in [1.54, 1.807) is 0 Å². The van der Waals surface area contributed by atoms with Crippen molar-refractivity contribution in [2.75, 3.05) is 32.7 Å². The molecule has 0 heterocycles. The molecule has 0 rings (SSSR count). The number of likely N-dealkylation sites (N-methyl/N-ethyl adjacent to an activating group) is 2. The van der Waals surface area contributed by atoms with Gasteiger partial charge in [-0.25, -0.2) is 9.90 Å². The van der Waals surface area contributed by atoms with Crippen molar-refractivity contribution in [2.45, 2.75) is 13.8 Å². The molecule has 4 nitrogen and oxygen atoms in total. The van der Waals surface area contributed by atoms with E-state index >= 15 is 0 Å². The topological polar surface area (TPSA) is 52.2 Å². The SMILES string of the molecule is CCNCCN(CC)CC([O])=O. The highest BCUT2D eigenvalue weighted by molar-refractivity contribution is 5.68. The van der Waals surface area contributed by atoms with Crippen LogP contribution in [0.25, 0.3) is 0 Å². The molecule has 0 bridgehead atoms. The predicted molar refractivity (Wildman–Crippen MR) is 46.4 cm³/mol. The zero-order valence-corrected chi connectivity index (χ0v) is 7.80. The molecule has 1 N–H and O–H groups in total. The van der Waals surface area contributed by atoms with Gasteiger partial charge in [0, 0.05) is 13.1 Å². The zero-order chi connectivity index (χ0) is 9.40. The molecular formula is C8H17N2O2. The summed E-state index contributed by atoms with van der Waals surface area (Å²) in [6.45, 7) is 7.25.